The van der Waals surface area contributed by atoms with Gasteiger partial charge in [-0.1, -0.05) is 90.5 Å². The van der Waals surface area contributed by atoms with Crippen molar-refractivity contribution in [3.8, 4) is 11.3 Å². The second kappa shape index (κ2) is 11.7. The summed E-state index contributed by atoms with van der Waals surface area (Å²) in [6, 6.07) is 23.9. The van der Waals surface area contributed by atoms with E-state index in [9.17, 15) is 18.0 Å². The maximum absolute atomic E-state index is 13.9. The fraction of sp³-hybridized carbons (Fsp3) is 0.207. The zero-order chi connectivity index (χ0) is 26.4. The maximum atomic E-state index is 13.9. The Balaban J connectivity index is 1.67. The van der Waals surface area contributed by atoms with Gasteiger partial charge in [0, 0.05) is 12.1 Å². The highest BCUT2D eigenvalue weighted by Gasteiger charge is 2.36. The van der Waals surface area contributed by atoms with Crippen molar-refractivity contribution < 1.29 is 27.4 Å². The lowest BCUT2D eigenvalue weighted by molar-refractivity contribution is -0.137. The molecule has 0 amide bonds. The van der Waals surface area contributed by atoms with Crippen molar-refractivity contribution >= 4 is 17.6 Å². The van der Waals surface area contributed by atoms with Gasteiger partial charge >= 0.3 is 12.1 Å². The molecule has 192 valence electrons. The highest BCUT2D eigenvalue weighted by atomic mass is 35.5. The molecule has 0 bridgehead atoms. The van der Waals surface area contributed by atoms with E-state index in [0.29, 0.717) is 12.2 Å². The summed E-state index contributed by atoms with van der Waals surface area (Å²) in [5.74, 6) is -0.707. The largest absolute Gasteiger partial charge is 0.457 e. The van der Waals surface area contributed by atoms with E-state index < -0.39 is 17.7 Å². The van der Waals surface area contributed by atoms with Gasteiger partial charge in [-0.15, -0.1) is 0 Å². The maximum Gasteiger partial charge on any atom is 0.417 e. The van der Waals surface area contributed by atoms with Gasteiger partial charge in [-0.2, -0.15) is 13.2 Å². The van der Waals surface area contributed by atoms with Crippen molar-refractivity contribution in [1.82, 2.24) is 4.57 Å². The molecule has 0 aliphatic rings. The van der Waals surface area contributed by atoms with Crippen LogP contribution in [-0.4, -0.2) is 17.1 Å². The topological polar surface area (TPSA) is 40.5 Å². The summed E-state index contributed by atoms with van der Waals surface area (Å²) in [6.45, 7) is 2.23. The van der Waals surface area contributed by atoms with Crippen LogP contribution in [0, 0.1) is 6.92 Å². The first-order chi connectivity index (χ1) is 17.8. The molecule has 37 heavy (non-hydrogen) atoms. The number of alkyl halides is 3. The van der Waals surface area contributed by atoms with Crippen LogP contribution in [-0.2, 0) is 35.4 Å². The molecule has 0 saturated carbocycles. The van der Waals surface area contributed by atoms with E-state index in [4.69, 9.17) is 21.1 Å². The van der Waals surface area contributed by atoms with Crippen LogP contribution in [0.15, 0.2) is 84.9 Å². The number of rotatable bonds is 9. The van der Waals surface area contributed by atoms with Gasteiger partial charge in [0.1, 0.15) is 17.3 Å². The standard InChI is InChI=1S/C29H25ClF3NO3/c1-20-25(28(35)37-19-22-12-6-3-7-13-22)27(30)34(16-17-36-18-21-10-4-2-5-11-21)26(20)23-14-8-9-15-24(23)29(31,32)33/h2-15H,16-19H2,1H3. The van der Waals surface area contributed by atoms with E-state index in [-0.39, 0.29) is 41.7 Å². The highest BCUT2D eigenvalue weighted by Crippen LogP contribution is 2.41. The van der Waals surface area contributed by atoms with Gasteiger partial charge in [0.15, 0.2) is 0 Å². The van der Waals surface area contributed by atoms with E-state index >= 15 is 0 Å². The molecule has 0 fully saturated rings. The van der Waals surface area contributed by atoms with E-state index in [0.717, 1.165) is 17.2 Å². The Bertz CT molecular complexity index is 1350. The number of halogens is 4. The fourth-order valence-electron chi connectivity index (χ4n) is 4.16. The predicted molar refractivity (Wildman–Crippen MR) is 136 cm³/mol. The summed E-state index contributed by atoms with van der Waals surface area (Å²) >= 11 is 6.65. The Morgan fingerprint density at radius 2 is 1.43 bits per heavy atom. The summed E-state index contributed by atoms with van der Waals surface area (Å²) in [5.41, 5.74) is 1.40. The average Bonchev–Trinajstić information content (AvgIpc) is 3.14. The first-order valence-corrected chi connectivity index (χ1v) is 12.0. The zero-order valence-corrected chi connectivity index (χ0v) is 20.9. The molecular weight excluding hydrogens is 503 g/mol. The molecule has 1 aromatic heterocycles. The molecule has 0 atom stereocenters. The van der Waals surface area contributed by atoms with Gasteiger partial charge in [0.05, 0.1) is 24.5 Å². The number of aromatic nitrogens is 1. The number of hydrogen-bond acceptors (Lipinski definition) is 3. The molecule has 1 heterocycles. The molecular formula is C29H25ClF3NO3. The van der Waals surface area contributed by atoms with Crippen molar-refractivity contribution in [2.24, 2.45) is 0 Å². The molecule has 0 aliphatic carbocycles. The van der Waals surface area contributed by atoms with Crippen LogP contribution in [0.3, 0.4) is 0 Å². The summed E-state index contributed by atoms with van der Waals surface area (Å²) in [4.78, 5) is 13.1. The van der Waals surface area contributed by atoms with Crippen LogP contribution in [0.4, 0.5) is 13.2 Å². The molecule has 0 saturated heterocycles. The number of ether oxygens (including phenoxy) is 2. The van der Waals surface area contributed by atoms with Gasteiger partial charge in [-0.25, -0.2) is 4.79 Å². The Morgan fingerprint density at radius 1 is 0.865 bits per heavy atom. The lowest BCUT2D eigenvalue weighted by atomic mass is 10.00. The molecule has 0 unspecified atom stereocenters. The molecule has 0 spiro atoms. The third-order valence-electron chi connectivity index (χ3n) is 5.92. The zero-order valence-electron chi connectivity index (χ0n) is 20.1. The molecule has 8 heteroatoms. The number of nitrogens with zero attached hydrogens (tertiary/aromatic N) is 1. The molecule has 4 aromatic rings. The first-order valence-electron chi connectivity index (χ1n) is 11.6. The summed E-state index contributed by atoms with van der Waals surface area (Å²) in [5, 5.41) is 0.00542. The van der Waals surface area contributed by atoms with Crippen LogP contribution < -0.4 is 0 Å². The van der Waals surface area contributed by atoms with Crippen LogP contribution in [0.5, 0.6) is 0 Å². The third kappa shape index (κ3) is 6.24. The second-order valence-electron chi connectivity index (χ2n) is 8.43. The number of hydrogen-bond donors (Lipinski definition) is 0. The molecule has 0 radical (unpaired) electrons. The Labute approximate surface area is 218 Å². The molecule has 4 nitrogen and oxygen atoms in total. The minimum Gasteiger partial charge on any atom is -0.457 e. The lowest BCUT2D eigenvalue weighted by Gasteiger charge is -2.17. The monoisotopic (exact) mass is 527 g/mol. The Kier molecular flexibility index (Phi) is 8.36. The lowest BCUT2D eigenvalue weighted by Crippen LogP contribution is -2.12. The smallest absolute Gasteiger partial charge is 0.417 e. The van der Waals surface area contributed by atoms with E-state index in [1.54, 1.807) is 6.92 Å². The van der Waals surface area contributed by atoms with Crippen LogP contribution in [0.2, 0.25) is 5.15 Å². The van der Waals surface area contributed by atoms with Crippen LogP contribution in [0.25, 0.3) is 11.3 Å². The van der Waals surface area contributed by atoms with Crippen LogP contribution >= 0.6 is 11.6 Å². The predicted octanol–water partition coefficient (Wildman–Crippen LogP) is 7.71. The molecule has 0 N–H and O–H groups in total. The van der Waals surface area contributed by atoms with Crippen molar-refractivity contribution in [2.75, 3.05) is 6.61 Å². The van der Waals surface area contributed by atoms with E-state index in [2.05, 4.69) is 0 Å². The van der Waals surface area contributed by atoms with Crippen molar-refractivity contribution in [3.05, 3.63) is 118 Å². The van der Waals surface area contributed by atoms with Crippen molar-refractivity contribution in [3.63, 3.8) is 0 Å². The Morgan fingerprint density at radius 3 is 2.05 bits per heavy atom. The van der Waals surface area contributed by atoms with E-state index in [1.807, 2.05) is 60.7 Å². The number of esters is 1. The number of carbonyl (C=O) groups excluding carboxylic acids is 1. The quantitative estimate of drug-likeness (QED) is 0.165. The number of carbonyl (C=O) groups is 1. The van der Waals surface area contributed by atoms with Gasteiger partial charge < -0.3 is 14.0 Å². The molecule has 0 aliphatic heterocycles. The van der Waals surface area contributed by atoms with E-state index in [1.165, 1.54) is 22.8 Å². The highest BCUT2D eigenvalue weighted by molar-refractivity contribution is 6.33. The molecule has 4 rings (SSSR count). The van der Waals surface area contributed by atoms with Gasteiger partial charge in [0.2, 0.25) is 0 Å². The average molecular weight is 528 g/mol. The Hall–Kier alpha value is -3.55. The van der Waals surface area contributed by atoms with Gasteiger partial charge in [-0.3, -0.25) is 0 Å². The van der Waals surface area contributed by atoms with Crippen LogP contribution in [0.1, 0.15) is 32.6 Å². The minimum atomic E-state index is -4.59. The SMILES string of the molecule is Cc1c(C(=O)OCc2ccccc2)c(Cl)n(CCOCc2ccccc2)c1-c1ccccc1C(F)(F)F. The summed E-state index contributed by atoms with van der Waals surface area (Å²) in [6.07, 6.45) is -4.59. The fourth-order valence-corrected chi connectivity index (χ4v) is 4.54. The normalized spacial score (nSPS) is 11.5. The first kappa shape index (κ1) is 26.5. The van der Waals surface area contributed by atoms with Gasteiger partial charge in [-0.05, 0) is 29.7 Å². The molecule has 3 aromatic carbocycles. The van der Waals surface area contributed by atoms with Gasteiger partial charge in [0.25, 0.3) is 0 Å². The van der Waals surface area contributed by atoms with Crippen molar-refractivity contribution in [2.45, 2.75) is 32.9 Å². The minimum absolute atomic E-state index is 0.00542. The third-order valence-corrected chi connectivity index (χ3v) is 6.31. The summed E-state index contributed by atoms with van der Waals surface area (Å²) in [7, 11) is 0. The van der Waals surface area contributed by atoms with Crippen molar-refractivity contribution in [1.29, 1.82) is 0 Å². The second-order valence-corrected chi connectivity index (χ2v) is 8.79. The number of benzene rings is 3. The summed E-state index contributed by atoms with van der Waals surface area (Å²) < 4.78 is 54.4.